The van der Waals surface area contributed by atoms with Gasteiger partial charge in [0.25, 0.3) is 0 Å². The molecule has 2 aromatic rings. The number of aliphatic hydroxyl groups excluding tert-OH is 1. The normalized spacial score (nSPS) is 20.9. The van der Waals surface area contributed by atoms with Crippen molar-refractivity contribution in [1.29, 1.82) is 0 Å². The Labute approximate surface area is 123 Å². The maximum Gasteiger partial charge on any atom is 0.193 e. The fraction of sp³-hybridized carbons (Fsp3) is 0.667. The number of imidazole rings is 1. The van der Waals surface area contributed by atoms with E-state index in [1.165, 1.54) is 12.8 Å². The van der Waals surface area contributed by atoms with Gasteiger partial charge in [0.1, 0.15) is 0 Å². The molecule has 1 unspecified atom stereocenters. The second-order valence-electron chi connectivity index (χ2n) is 5.73. The van der Waals surface area contributed by atoms with Crippen molar-refractivity contribution >= 4 is 16.3 Å². The van der Waals surface area contributed by atoms with E-state index in [0.29, 0.717) is 6.42 Å². The zero-order chi connectivity index (χ0) is 14.0. The molecule has 1 atom stereocenters. The van der Waals surface area contributed by atoms with E-state index in [-0.39, 0.29) is 5.60 Å². The van der Waals surface area contributed by atoms with Gasteiger partial charge in [0, 0.05) is 31.3 Å². The Hall–Kier alpha value is -0.910. The Balaban J connectivity index is 1.75. The maximum atomic E-state index is 10.7. The van der Waals surface area contributed by atoms with E-state index < -0.39 is 6.10 Å². The topological polar surface area (TPSA) is 46.8 Å². The summed E-state index contributed by atoms with van der Waals surface area (Å²) < 4.78 is 7.78. The van der Waals surface area contributed by atoms with Crippen LogP contribution in [0.5, 0.6) is 0 Å². The van der Waals surface area contributed by atoms with Gasteiger partial charge in [-0.3, -0.25) is 4.40 Å². The summed E-state index contributed by atoms with van der Waals surface area (Å²) in [5.74, 6) is 0. The van der Waals surface area contributed by atoms with E-state index in [1.54, 1.807) is 18.4 Å². The monoisotopic (exact) mass is 294 g/mol. The number of thiazole rings is 1. The molecule has 1 fully saturated rings. The zero-order valence-electron chi connectivity index (χ0n) is 11.9. The molecule has 0 saturated heterocycles. The molecule has 0 radical (unpaired) electrons. The van der Waals surface area contributed by atoms with Crippen LogP contribution in [-0.4, -0.2) is 33.3 Å². The number of hydrogen-bond acceptors (Lipinski definition) is 4. The molecule has 4 nitrogen and oxygen atoms in total. The molecule has 20 heavy (non-hydrogen) atoms. The molecule has 110 valence electrons. The summed E-state index contributed by atoms with van der Waals surface area (Å²) in [5.41, 5.74) is 0.568. The SMILES string of the molecule is COC1(C(O)Cc2cn3ccsc3n2)CCCCCC1. The third-order valence-electron chi connectivity index (χ3n) is 4.51. The van der Waals surface area contributed by atoms with Gasteiger partial charge in [-0.2, -0.15) is 0 Å². The molecule has 0 spiro atoms. The lowest BCUT2D eigenvalue weighted by Gasteiger charge is -2.36. The molecule has 0 bridgehead atoms. The van der Waals surface area contributed by atoms with Crippen LogP contribution in [0.4, 0.5) is 0 Å². The highest BCUT2D eigenvalue weighted by Crippen LogP contribution is 2.34. The Morgan fingerprint density at radius 3 is 2.80 bits per heavy atom. The molecule has 3 rings (SSSR count). The zero-order valence-corrected chi connectivity index (χ0v) is 12.7. The van der Waals surface area contributed by atoms with Crippen LogP contribution in [0.3, 0.4) is 0 Å². The number of aromatic nitrogens is 2. The molecule has 0 aromatic carbocycles. The average Bonchev–Trinajstić information content (AvgIpc) is 2.92. The number of rotatable bonds is 4. The largest absolute Gasteiger partial charge is 0.390 e. The summed E-state index contributed by atoms with van der Waals surface area (Å²) in [5, 5.41) is 12.7. The summed E-state index contributed by atoms with van der Waals surface area (Å²) >= 11 is 1.62. The van der Waals surface area contributed by atoms with E-state index in [0.717, 1.165) is 36.3 Å². The van der Waals surface area contributed by atoms with Crippen molar-refractivity contribution in [2.45, 2.75) is 56.7 Å². The van der Waals surface area contributed by atoms with Gasteiger partial charge in [-0.05, 0) is 12.8 Å². The second kappa shape index (κ2) is 5.84. The van der Waals surface area contributed by atoms with E-state index in [1.807, 2.05) is 22.2 Å². The third-order valence-corrected chi connectivity index (χ3v) is 5.28. The van der Waals surface area contributed by atoms with Crippen LogP contribution in [0, 0.1) is 0 Å². The highest BCUT2D eigenvalue weighted by atomic mass is 32.1. The Bertz CT molecular complexity index is 526. The number of ether oxygens (including phenoxy) is 1. The fourth-order valence-electron chi connectivity index (χ4n) is 3.26. The quantitative estimate of drug-likeness (QED) is 0.882. The molecule has 2 heterocycles. The van der Waals surface area contributed by atoms with Gasteiger partial charge >= 0.3 is 0 Å². The van der Waals surface area contributed by atoms with Crippen LogP contribution < -0.4 is 0 Å². The van der Waals surface area contributed by atoms with Crippen LogP contribution in [0.15, 0.2) is 17.8 Å². The van der Waals surface area contributed by atoms with Gasteiger partial charge in [0.2, 0.25) is 0 Å². The Morgan fingerprint density at radius 1 is 1.40 bits per heavy atom. The number of fused-ring (bicyclic) bond motifs is 1. The fourth-order valence-corrected chi connectivity index (χ4v) is 3.98. The lowest BCUT2D eigenvalue weighted by molar-refractivity contribution is -0.111. The molecule has 1 saturated carbocycles. The highest BCUT2D eigenvalue weighted by Gasteiger charge is 2.38. The highest BCUT2D eigenvalue weighted by molar-refractivity contribution is 7.15. The van der Waals surface area contributed by atoms with Gasteiger partial charge in [-0.15, -0.1) is 11.3 Å². The molecule has 1 aliphatic carbocycles. The summed E-state index contributed by atoms with van der Waals surface area (Å²) in [6.45, 7) is 0. The molecule has 0 amide bonds. The summed E-state index contributed by atoms with van der Waals surface area (Å²) in [7, 11) is 1.74. The van der Waals surface area contributed by atoms with Crippen molar-refractivity contribution in [3.05, 3.63) is 23.5 Å². The standard InChI is InChI=1S/C15H22N2O2S/c1-19-15(6-4-2-3-5-7-15)13(18)10-12-11-17-8-9-20-14(17)16-12/h8-9,11,13,18H,2-7,10H2,1H3. The van der Waals surface area contributed by atoms with Gasteiger partial charge < -0.3 is 9.84 Å². The minimum Gasteiger partial charge on any atom is -0.390 e. The van der Waals surface area contributed by atoms with E-state index >= 15 is 0 Å². The first-order valence-electron chi connectivity index (χ1n) is 7.38. The van der Waals surface area contributed by atoms with Crippen LogP contribution >= 0.6 is 11.3 Å². The van der Waals surface area contributed by atoms with E-state index in [2.05, 4.69) is 4.98 Å². The van der Waals surface area contributed by atoms with Crippen molar-refractivity contribution in [1.82, 2.24) is 9.38 Å². The van der Waals surface area contributed by atoms with Crippen molar-refractivity contribution in [3.63, 3.8) is 0 Å². The van der Waals surface area contributed by atoms with Crippen molar-refractivity contribution < 1.29 is 9.84 Å². The van der Waals surface area contributed by atoms with Crippen LogP contribution in [-0.2, 0) is 11.2 Å². The average molecular weight is 294 g/mol. The van der Waals surface area contributed by atoms with Gasteiger partial charge in [0.05, 0.1) is 17.4 Å². The second-order valence-corrected chi connectivity index (χ2v) is 6.60. The minimum absolute atomic E-state index is 0.381. The van der Waals surface area contributed by atoms with Crippen molar-refractivity contribution in [2.24, 2.45) is 0 Å². The molecule has 1 aliphatic rings. The summed E-state index contributed by atoms with van der Waals surface area (Å²) in [6.07, 6.45) is 10.8. The predicted octanol–water partition coefficient (Wildman–Crippen LogP) is 3.04. The Morgan fingerprint density at radius 2 is 2.15 bits per heavy atom. The Kier molecular flexibility index (Phi) is 4.10. The lowest BCUT2D eigenvalue weighted by Crippen LogP contribution is -2.45. The van der Waals surface area contributed by atoms with E-state index in [4.69, 9.17) is 4.74 Å². The van der Waals surface area contributed by atoms with Gasteiger partial charge in [0.15, 0.2) is 4.96 Å². The predicted molar refractivity (Wildman–Crippen MR) is 80.2 cm³/mol. The van der Waals surface area contributed by atoms with Crippen LogP contribution in [0.25, 0.3) is 4.96 Å². The van der Waals surface area contributed by atoms with Crippen LogP contribution in [0.1, 0.15) is 44.2 Å². The number of hydrogen-bond donors (Lipinski definition) is 1. The summed E-state index contributed by atoms with van der Waals surface area (Å²) in [6, 6.07) is 0. The van der Waals surface area contributed by atoms with Gasteiger partial charge in [-0.1, -0.05) is 25.7 Å². The first kappa shape index (κ1) is 14.0. The van der Waals surface area contributed by atoms with Gasteiger partial charge in [-0.25, -0.2) is 4.98 Å². The lowest BCUT2D eigenvalue weighted by atomic mass is 9.86. The molecular formula is C15H22N2O2S. The van der Waals surface area contributed by atoms with Crippen molar-refractivity contribution in [3.8, 4) is 0 Å². The summed E-state index contributed by atoms with van der Waals surface area (Å²) in [4.78, 5) is 5.55. The molecule has 5 heteroatoms. The van der Waals surface area contributed by atoms with Crippen LogP contribution in [0.2, 0.25) is 0 Å². The first-order chi connectivity index (χ1) is 9.73. The maximum absolute atomic E-state index is 10.7. The minimum atomic E-state index is -0.477. The number of methoxy groups -OCH3 is 1. The molecule has 0 aliphatic heterocycles. The molecule has 1 N–H and O–H groups in total. The smallest absolute Gasteiger partial charge is 0.193 e. The molecular weight excluding hydrogens is 272 g/mol. The number of nitrogens with zero attached hydrogens (tertiary/aromatic N) is 2. The first-order valence-corrected chi connectivity index (χ1v) is 8.26. The number of aliphatic hydroxyl groups is 1. The third kappa shape index (κ3) is 2.62. The molecule has 2 aromatic heterocycles. The van der Waals surface area contributed by atoms with E-state index in [9.17, 15) is 5.11 Å². The van der Waals surface area contributed by atoms with Crippen molar-refractivity contribution in [2.75, 3.05) is 7.11 Å².